The summed E-state index contributed by atoms with van der Waals surface area (Å²) in [7, 11) is 1.71. The molecule has 112 valence electrons. The minimum Gasteiger partial charge on any atom is -0.383 e. The highest BCUT2D eigenvalue weighted by Gasteiger charge is 2.24. The van der Waals surface area contributed by atoms with E-state index in [0.717, 1.165) is 36.3 Å². The molecule has 1 unspecified atom stereocenters. The first-order valence-corrected chi connectivity index (χ1v) is 7.87. The van der Waals surface area contributed by atoms with Gasteiger partial charge in [0.05, 0.1) is 6.61 Å². The van der Waals surface area contributed by atoms with Crippen molar-refractivity contribution in [2.45, 2.75) is 25.4 Å². The molecule has 20 heavy (non-hydrogen) atoms. The van der Waals surface area contributed by atoms with Crippen molar-refractivity contribution >= 4 is 15.9 Å². The molecular formula is C15H22BrFN2O. The standard InChI is InChI=1S/C15H22BrFN2O/c1-20-8-6-18-10-14-3-2-7-19(14)11-12-4-5-13(16)9-15(12)17/h4-5,9,14,18H,2-3,6-8,10-11H2,1H3. The Kier molecular flexibility index (Phi) is 6.42. The van der Waals surface area contributed by atoms with Crippen molar-refractivity contribution < 1.29 is 9.13 Å². The normalized spacial score (nSPS) is 19.6. The highest BCUT2D eigenvalue weighted by atomic mass is 79.9. The highest BCUT2D eigenvalue weighted by molar-refractivity contribution is 9.10. The van der Waals surface area contributed by atoms with Crippen LogP contribution in [0, 0.1) is 5.82 Å². The van der Waals surface area contributed by atoms with Gasteiger partial charge in [0.25, 0.3) is 0 Å². The maximum absolute atomic E-state index is 13.9. The van der Waals surface area contributed by atoms with Gasteiger partial charge < -0.3 is 10.1 Å². The first kappa shape index (κ1) is 15.9. The molecule has 0 aliphatic carbocycles. The van der Waals surface area contributed by atoms with Crippen LogP contribution in [0.4, 0.5) is 4.39 Å². The molecule has 1 N–H and O–H groups in total. The molecule has 0 bridgehead atoms. The number of halogens is 2. The van der Waals surface area contributed by atoms with Crippen LogP contribution in [0.3, 0.4) is 0 Å². The molecule has 5 heteroatoms. The van der Waals surface area contributed by atoms with E-state index in [1.807, 2.05) is 12.1 Å². The third-order valence-electron chi connectivity index (χ3n) is 3.75. The van der Waals surface area contributed by atoms with Crippen LogP contribution in [0.1, 0.15) is 18.4 Å². The number of nitrogens with zero attached hydrogens (tertiary/aromatic N) is 1. The number of hydrogen-bond donors (Lipinski definition) is 1. The van der Waals surface area contributed by atoms with Crippen LogP contribution in [-0.2, 0) is 11.3 Å². The van der Waals surface area contributed by atoms with E-state index in [0.29, 0.717) is 12.6 Å². The van der Waals surface area contributed by atoms with Gasteiger partial charge in [-0.05, 0) is 31.5 Å². The van der Waals surface area contributed by atoms with Crippen LogP contribution >= 0.6 is 15.9 Å². The van der Waals surface area contributed by atoms with Crippen molar-refractivity contribution in [2.75, 3.05) is 33.4 Å². The molecule has 1 aliphatic heterocycles. The fourth-order valence-corrected chi connectivity index (χ4v) is 2.98. The molecule has 0 spiro atoms. The average Bonchev–Trinajstić information content (AvgIpc) is 2.85. The summed E-state index contributed by atoms with van der Waals surface area (Å²) < 4.78 is 19.7. The lowest BCUT2D eigenvalue weighted by Crippen LogP contribution is -2.38. The van der Waals surface area contributed by atoms with Gasteiger partial charge in [0.1, 0.15) is 5.82 Å². The zero-order valence-corrected chi connectivity index (χ0v) is 13.5. The van der Waals surface area contributed by atoms with Crippen LogP contribution in [0.25, 0.3) is 0 Å². The second-order valence-corrected chi connectivity index (χ2v) is 6.11. The SMILES string of the molecule is COCCNCC1CCCN1Cc1ccc(Br)cc1F. The van der Waals surface area contributed by atoms with E-state index < -0.39 is 0 Å². The Labute approximate surface area is 128 Å². The summed E-state index contributed by atoms with van der Waals surface area (Å²) in [4.78, 5) is 2.37. The van der Waals surface area contributed by atoms with E-state index in [-0.39, 0.29) is 5.82 Å². The number of hydrogen-bond acceptors (Lipinski definition) is 3. The zero-order valence-electron chi connectivity index (χ0n) is 11.9. The fourth-order valence-electron chi connectivity index (χ4n) is 2.65. The Morgan fingerprint density at radius 3 is 3.10 bits per heavy atom. The third-order valence-corrected chi connectivity index (χ3v) is 4.24. The lowest BCUT2D eigenvalue weighted by Gasteiger charge is -2.25. The average molecular weight is 345 g/mol. The Balaban J connectivity index is 1.87. The van der Waals surface area contributed by atoms with Gasteiger partial charge in [0, 0.05) is 42.8 Å². The lowest BCUT2D eigenvalue weighted by molar-refractivity contribution is 0.190. The number of ether oxygens (including phenoxy) is 1. The predicted molar refractivity (Wildman–Crippen MR) is 82.3 cm³/mol. The summed E-state index contributed by atoms with van der Waals surface area (Å²) in [5, 5.41) is 3.40. The van der Waals surface area contributed by atoms with Crippen molar-refractivity contribution in [1.82, 2.24) is 10.2 Å². The molecular weight excluding hydrogens is 323 g/mol. The minimum atomic E-state index is -0.127. The van der Waals surface area contributed by atoms with Gasteiger partial charge in [-0.2, -0.15) is 0 Å². The van der Waals surface area contributed by atoms with E-state index in [9.17, 15) is 4.39 Å². The summed E-state index contributed by atoms with van der Waals surface area (Å²) in [6.07, 6.45) is 2.37. The Morgan fingerprint density at radius 2 is 2.35 bits per heavy atom. The first-order chi connectivity index (χ1) is 9.70. The third kappa shape index (κ3) is 4.52. The number of rotatable bonds is 7. The zero-order chi connectivity index (χ0) is 14.4. The van der Waals surface area contributed by atoms with Crippen LogP contribution in [0.15, 0.2) is 22.7 Å². The predicted octanol–water partition coefficient (Wildman–Crippen LogP) is 2.79. The monoisotopic (exact) mass is 344 g/mol. The smallest absolute Gasteiger partial charge is 0.128 e. The molecule has 1 aromatic rings. The van der Waals surface area contributed by atoms with Gasteiger partial charge in [-0.25, -0.2) is 4.39 Å². The summed E-state index contributed by atoms with van der Waals surface area (Å²) >= 11 is 3.29. The van der Waals surface area contributed by atoms with Crippen LogP contribution < -0.4 is 5.32 Å². The van der Waals surface area contributed by atoms with E-state index in [1.165, 1.54) is 18.9 Å². The minimum absolute atomic E-state index is 0.127. The number of benzene rings is 1. The first-order valence-electron chi connectivity index (χ1n) is 7.08. The molecule has 1 atom stereocenters. The van der Waals surface area contributed by atoms with Gasteiger partial charge in [0.2, 0.25) is 0 Å². The lowest BCUT2D eigenvalue weighted by atomic mass is 10.1. The summed E-state index contributed by atoms with van der Waals surface area (Å²) in [6, 6.07) is 5.81. The largest absolute Gasteiger partial charge is 0.383 e. The molecule has 1 fully saturated rings. The molecule has 0 radical (unpaired) electrons. The van der Waals surface area contributed by atoms with Crippen molar-refractivity contribution in [3.05, 3.63) is 34.1 Å². The number of likely N-dealkylation sites (tertiary alicyclic amines) is 1. The van der Waals surface area contributed by atoms with Gasteiger partial charge in [-0.3, -0.25) is 4.90 Å². The molecule has 1 aromatic carbocycles. The number of nitrogens with one attached hydrogen (secondary N) is 1. The van der Waals surface area contributed by atoms with E-state index in [1.54, 1.807) is 7.11 Å². The second-order valence-electron chi connectivity index (χ2n) is 5.20. The molecule has 1 saturated heterocycles. The fraction of sp³-hybridized carbons (Fsp3) is 0.600. The van der Waals surface area contributed by atoms with Gasteiger partial charge in [-0.1, -0.05) is 22.0 Å². The Hall–Kier alpha value is -0.490. The number of methoxy groups -OCH3 is 1. The second kappa shape index (κ2) is 8.08. The van der Waals surface area contributed by atoms with Crippen LogP contribution in [0.5, 0.6) is 0 Å². The topological polar surface area (TPSA) is 24.5 Å². The molecule has 0 amide bonds. The Bertz CT molecular complexity index is 430. The maximum atomic E-state index is 13.9. The molecule has 1 aliphatic rings. The van der Waals surface area contributed by atoms with Gasteiger partial charge >= 0.3 is 0 Å². The van der Waals surface area contributed by atoms with E-state index >= 15 is 0 Å². The van der Waals surface area contributed by atoms with Crippen LogP contribution in [0.2, 0.25) is 0 Å². The summed E-state index contributed by atoms with van der Waals surface area (Å²) in [5.41, 5.74) is 0.775. The quantitative estimate of drug-likeness (QED) is 0.769. The van der Waals surface area contributed by atoms with Crippen LogP contribution in [-0.4, -0.2) is 44.3 Å². The molecule has 2 rings (SSSR count). The van der Waals surface area contributed by atoms with Gasteiger partial charge in [0.15, 0.2) is 0 Å². The van der Waals surface area contributed by atoms with Gasteiger partial charge in [-0.15, -0.1) is 0 Å². The highest BCUT2D eigenvalue weighted by Crippen LogP contribution is 2.22. The Morgan fingerprint density at radius 1 is 1.50 bits per heavy atom. The van der Waals surface area contributed by atoms with E-state index in [4.69, 9.17) is 4.74 Å². The molecule has 0 saturated carbocycles. The van der Waals surface area contributed by atoms with E-state index in [2.05, 4.69) is 26.1 Å². The molecule has 0 aromatic heterocycles. The van der Waals surface area contributed by atoms with Crippen molar-refractivity contribution in [3.8, 4) is 0 Å². The van der Waals surface area contributed by atoms with Crippen molar-refractivity contribution in [2.24, 2.45) is 0 Å². The van der Waals surface area contributed by atoms with Crippen molar-refractivity contribution in [3.63, 3.8) is 0 Å². The maximum Gasteiger partial charge on any atom is 0.128 e. The summed E-state index contributed by atoms with van der Waals surface area (Å²) in [6.45, 7) is 4.28. The molecule has 1 heterocycles. The van der Waals surface area contributed by atoms with Crippen molar-refractivity contribution in [1.29, 1.82) is 0 Å². The molecule has 3 nitrogen and oxygen atoms in total. The summed E-state index contributed by atoms with van der Waals surface area (Å²) in [5.74, 6) is -0.127.